The predicted molar refractivity (Wildman–Crippen MR) is 87.3 cm³/mol. The largest absolute Gasteiger partial charge is 0.481 e. The van der Waals surface area contributed by atoms with Crippen molar-refractivity contribution in [2.75, 3.05) is 5.75 Å². The Balaban J connectivity index is 1.88. The summed E-state index contributed by atoms with van der Waals surface area (Å²) in [5, 5.41) is 8.57. The Labute approximate surface area is 129 Å². The molecule has 3 heteroatoms. The number of carbonyl (C=O) groups is 1. The van der Waals surface area contributed by atoms with Gasteiger partial charge in [-0.25, -0.2) is 0 Å². The zero-order chi connectivity index (χ0) is 14.9. The Morgan fingerprint density at radius 1 is 0.952 bits per heavy atom. The number of rotatable bonds is 5. The summed E-state index contributed by atoms with van der Waals surface area (Å²) in [6.07, 6.45) is 0.214. The molecule has 0 saturated heterocycles. The Morgan fingerprint density at radius 2 is 1.57 bits per heavy atom. The first-order valence-electron chi connectivity index (χ1n) is 6.69. The standard InChI is InChI=1S/C18H16O2S/c19-18(20)12-13-21-14-17-10-8-16(9-11-17)7-6-15-4-2-1-3-5-15/h1-5,8-11H,12-14H2,(H,19,20). The van der Waals surface area contributed by atoms with E-state index in [0.29, 0.717) is 5.75 Å². The fourth-order valence-electron chi connectivity index (χ4n) is 1.70. The van der Waals surface area contributed by atoms with Crippen molar-refractivity contribution in [1.82, 2.24) is 0 Å². The summed E-state index contributed by atoms with van der Waals surface area (Å²) in [5.74, 6) is 7.00. The molecule has 106 valence electrons. The number of hydrogen-bond donors (Lipinski definition) is 1. The molecular formula is C18H16O2S. The molecule has 2 aromatic carbocycles. The van der Waals surface area contributed by atoms with Crippen molar-refractivity contribution < 1.29 is 9.90 Å². The summed E-state index contributed by atoms with van der Waals surface area (Å²) in [6.45, 7) is 0. The van der Waals surface area contributed by atoms with Crippen LogP contribution >= 0.6 is 11.8 Å². The van der Waals surface area contributed by atoms with E-state index in [1.54, 1.807) is 11.8 Å². The summed E-state index contributed by atoms with van der Waals surface area (Å²) in [7, 11) is 0. The van der Waals surface area contributed by atoms with Crippen LogP contribution in [0.1, 0.15) is 23.1 Å². The minimum atomic E-state index is -0.742. The fourth-order valence-corrected chi connectivity index (χ4v) is 2.59. The molecule has 0 aliphatic rings. The van der Waals surface area contributed by atoms with Crippen LogP contribution in [0.4, 0.5) is 0 Å². The molecular weight excluding hydrogens is 280 g/mol. The molecule has 0 aliphatic heterocycles. The lowest BCUT2D eigenvalue weighted by atomic mass is 10.1. The number of hydrogen-bond acceptors (Lipinski definition) is 2. The van der Waals surface area contributed by atoms with E-state index < -0.39 is 5.97 Å². The van der Waals surface area contributed by atoms with Gasteiger partial charge < -0.3 is 5.11 Å². The molecule has 2 aromatic rings. The van der Waals surface area contributed by atoms with Crippen LogP contribution in [0.3, 0.4) is 0 Å². The maximum absolute atomic E-state index is 10.4. The molecule has 0 aromatic heterocycles. The first kappa shape index (κ1) is 15.2. The van der Waals surface area contributed by atoms with E-state index in [2.05, 4.69) is 11.8 Å². The predicted octanol–water partition coefficient (Wildman–Crippen LogP) is 3.79. The van der Waals surface area contributed by atoms with Gasteiger partial charge in [-0.1, -0.05) is 42.2 Å². The van der Waals surface area contributed by atoms with Crippen molar-refractivity contribution in [1.29, 1.82) is 0 Å². The summed E-state index contributed by atoms with van der Waals surface area (Å²) in [4.78, 5) is 10.4. The van der Waals surface area contributed by atoms with Crippen LogP contribution in [0, 0.1) is 11.8 Å². The van der Waals surface area contributed by atoms with Gasteiger partial charge in [-0.05, 0) is 29.8 Å². The number of thioether (sulfide) groups is 1. The topological polar surface area (TPSA) is 37.3 Å². The number of carboxylic acids is 1. The Morgan fingerprint density at radius 3 is 2.19 bits per heavy atom. The lowest BCUT2D eigenvalue weighted by molar-refractivity contribution is -0.136. The number of benzene rings is 2. The molecule has 0 amide bonds. The van der Waals surface area contributed by atoms with Crippen molar-refractivity contribution in [2.24, 2.45) is 0 Å². The van der Waals surface area contributed by atoms with Gasteiger partial charge in [-0.15, -0.1) is 0 Å². The van der Waals surface area contributed by atoms with Gasteiger partial charge in [0.05, 0.1) is 6.42 Å². The van der Waals surface area contributed by atoms with Gasteiger partial charge in [0.2, 0.25) is 0 Å². The lowest BCUT2D eigenvalue weighted by Crippen LogP contribution is -1.96. The molecule has 0 atom stereocenters. The van der Waals surface area contributed by atoms with E-state index >= 15 is 0 Å². The first-order chi connectivity index (χ1) is 10.2. The maximum atomic E-state index is 10.4. The van der Waals surface area contributed by atoms with Crippen molar-refractivity contribution in [3.8, 4) is 11.8 Å². The van der Waals surface area contributed by atoms with E-state index in [1.807, 2.05) is 54.6 Å². The second-order valence-electron chi connectivity index (χ2n) is 4.51. The number of carboxylic acid groups (broad SMARTS) is 1. The highest BCUT2D eigenvalue weighted by atomic mass is 32.2. The maximum Gasteiger partial charge on any atom is 0.304 e. The smallest absolute Gasteiger partial charge is 0.304 e. The van der Waals surface area contributed by atoms with Gasteiger partial charge in [0.15, 0.2) is 0 Å². The van der Waals surface area contributed by atoms with Gasteiger partial charge in [-0.3, -0.25) is 4.79 Å². The molecule has 0 aliphatic carbocycles. The molecule has 0 saturated carbocycles. The molecule has 0 spiro atoms. The van der Waals surface area contributed by atoms with Crippen molar-refractivity contribution in [2.45, 2.75) is 12.2 Å². The van der Waals surface area contributed by atoms with Crippen molar-refractivity contribution in [3.05, 3.63) is 71.3 Å². The third-order valence-electron chi connectivity index (χ3n) is 2.81. The highest BCUT2D eigenvalue weighted by Crippen LogP contribution is 2.13. The molecule has 0 unspecified atom stereocenters. The van der Waals surface area contributed by atoms with Crippen LogP contribution < -0.4 is 0 Å². The van der Waals surface area contributed by atoms with Crippen LogP contribution in [0.25, 0.3) is 0 Å². The molecule has 0 heterocycles. The molecule has 2 nitrogen and oxygen atoms in total. The van der Waals surface area contributed by atoms with E-state index in [0.717, 1.165) is 16.9 Å². The molecule has 2 rings (SSSR count). The SMILES string of the molecule is O=C(O)CCSCc1ccc(C#Cc2ccccc2)cc1. The Bertz CT molecular complexity index is 636. The zero-order valence-electron chi connectivity index (χ0n) is 11.6. The van der Waals surface area contributed by atoms with Crippen molar-refractivity contribution >= 4 is 17.7 Å². The molecule has 0 radical (unpaired) electrons. The highest BCUT2D eigenvalue weighted by Gasteiger charge is 1.98. The van der Waals surface area contributed by atoms with Gasteiger partial charge in [0.1, 0.15) is 0 Å². The van der Waals surface area contributed by atoms with Gasteiger partial charge >= 0.3 is 5.97 Å². The summed E-state index contributed by atoms with van der Waals surface area (Å²) in [5.41, 5.74) is 3.18. The second-order valence-corrected chi connectivity index (χ2v) is 5.61. The Hall–Kier alpha value is -2.18. The minimum Gasteiger partial charge on any atom is -0.481 e. The molecule has 1 N–H and O–H groups in total. The van der Waals surface area contributed by atoms with Crippen LogP contribution in [0.15, 0.2) is 54.6 Å². The minimum absolute atomic E-state index is 0.214. The fraction of sp³-hybridized carbons (Fsp3) is 0.167. The van der Waals surface area contributed by atoms with E-state index in [9.17, 15) is 4.79 Å². The van der Waals surface area contributed by atoms with Crippen LogP contribution in [0.5, 0.6) is 0 Å². The molecule has 21 heavy (non-hydrogen) atoms. The van der Waals surface area contributed by atoms with E-state index in [-0.39, 0.29) is 6.42 Å². The second kappa shape index (κ2) is 8.18. The average molecular weight is 296 g/mol. The van der Waals surface area contributed by atoms with Crippen molar-refractivity contribution in [3.63, 3.8) is 0 Å². The summed E-state index contributed by atoms with van der Waals surface area (Å²) in [6, 6.07) is 18.0. The first-order valence-corrected chi connectivity index (χ1v) is 7.85. The quantitative estimate of drug-likeness (QED) is 0.673. The van der Waals surface area contributed by atoms with Gasteiger partial charge in [-0.2, -0.15) is 11.8 Å². The summed E-state index contributed by atoms with van der Waals surface area (Å²) >= 11 is 1.63. The third kappa shape index (κ3) is 5.76. The zero-order valence-corrected chi connectivity index (χ0v) is 12.4. The third-order valence-corrected chi connectivity index (χ3v) is 3.84. The highest BCUT2D eigenvalue weighted by molar-refractivity contribution is 7.98. The average Bonchev–Trinajstić information content (AvgIpc) is 2.51. The molecule has 0 bridgehead atoms. The molecule has 0 fully saturated rings. The Kier molecular flexibility index (Phi) is 5.93. The van der Waals surface area contributed by atoms with E-state index in [4.69, 9.17) is 5.11 Å². The van der Waals surface area contributed by atoms with Gasteiger partial charge in [0, 0.05) is 22.6 Å². The van der Waals surface area contributed by atoms with Crippen LogP contribution in [-0.2, 0) is 10.5 Å². The normalized spacial score (nSPS) is 9.71. The van der Waals surface area contributed by atoms with Gasteiger partial charge in [0.25, 0.3) is 0 Å². The monoisotopic (exact) mass is 296 g/mol. The summed E-state index contributed by atoms with van der Waals surface area (Å²) < 4.78 is 0. The van der Waals surface area contributed by atoms with Crippen LogP contribution in [-0.4, -0.2) is 16.8 Å². The number of aliphatic carboxylic acids is 1. The van der Waals surface area contributed by atoms with E-state index in [1.165, 1.54) is 5.56 Å². The lowest BCUT2D eigenvalue weighted by Gasteiger charge is -2.00. The van der Waals surface area contributed by atoms with Crippen LogP contribution in [0.2, 0.25) is 0 Å².